The molecule has 0 N–H and O–H groups in total. The summed E-state index contributed by atoms with van der Waals surface area (Å²) in [6, 6.07) is 36.0. The summed E-state index contributed by atoms with van der Waals surface area (Å²) in [5.41, 5.74) is 9.77. The first kappa shape index (κ1) is 21.8. The Labute approximate surface area is 220 Å². The van der Waals surface area contributed by atoms with Crippen molar-refractivity contribution in [2.24, 2.45) is 0 Å². The number of aryl methyl sites for hydroxylation is 2. The van der Waals surface area contributed by atoms with Gasteiger partial charge in [0.1, 0.15) is 0 Å². The minimum absolute atomic E-state index is 0.836. The predicted molar refractivity (Wildman–Crippen MR) is 155 cm³/mol. The third-order valence-corrected chi connectivity index (χ3v) is 7.86. The minimum Gasteiger partial charge on any atom is -0.453 e. The zero-order chi connectivity index (χ0) is 24.9. The summed E-state index contributed by atoms with van der Waals surface area (Å²) < 4.78 is 6.29. The fraction of sp³-hybridized carbons (Fsp3) is 0.0606. The molecule has 0 saturated carbocycles. The van der Waals surface area contributed by atoms with Crippen molar-refractivity contribution in [1.82, 2.24) is 4.98 Å². The molecule has 4 heteroatoms. The number of nitrogens with zero attached hydrogens (tertiary/aromatic N) is 2. The van der Waals surface area contributed by atoms with E-state index in [-0.39, 0.29) is 0 Å². The van der Waals surface area contributed by atoms with Gasteiger partial charge in [0.15, 0.2) is 11.5 Å². The van der Waals surface area contributed by atoms with Gasteiger partial charge in [-0.2, -0.15) is 0 Å². The highest BCUT2D eigenvalue weighted by atomic mass is 32.1. The number of benzene rings is 4. The van der Waals surface area contributed by atoms with Gasteiger partial charge in [0.05, 0.1) is 28.3 Å². The molecule has 0 radical (unpaired) electrons. The van der Waals surface area contributed by atoms with E-state index in [0.29, 0.717) is 0 Å². The number of rotatable bonds is 3. The smallest absolute Gasteiger partial charge is 0.151 e. The maximum Gasteiger partial charge on any atom is 0.151 e. The van der Waals surface area contributed by atoms with E-state index < -0.39 is 0 Å². The van der Waals surface area contributed by atoms with Crippen molar-refractivity contribution in [1.29, 1.82) is 0 Å². The molecule has 4 aromatic carbocycles. The highest BCUT2D eigenvalue weighted by molar-refractivity contribution is 7.13. The third kappa shape index (κ3) is 3.61. The van der Waals surface area contributed by atoms with Crippen LogP contribution in [-0.2, 0) is 0 Å². The SMILES string of the molecule is Cc1ccc(-c2cc(-c3cccs3)c3c(C)ccc(N4c5ccccc5Oc5ccccc54)c3n2)cc1. The average molecular weight is 497 g/mol. The largest absolute Gasteiger partial charge is 0.453 e. The molecule has 3 nitrogen and oxygen atoms in total. The van der Waals surface area contributed by atoms with E-state index in [1.54, 1.807) is 11.3 Å². The Bertz CT molecular complexity index is 1730. The number of anilines is 3. The first-order valence-electron chi connectivity index (χ1n) is 12.4. The van der Waals surface area contributed by atoms with E-state index in [1.807, 2.05) is 24.3 Å². The summed E-state index contributed by atoms with van der Waals surface area (Å²) in [7, 11) is 0. The summed E-state index contributed by atoms with van der Waals surface area (Å²) in [6.07, 6.45) is 0. The van der Waals surface area contributed by atoms with Crippen LogP contribution >= 0.6 is 11.3 Å². The zero-order valence-electron chi connectivity index (χ0n) is 20.6. The molecule has 0 unspecified atom stereocenters. The van der Waals surface area contributed by atoms with Gasteiger partial charge in [0, 0.05) is 21.4 Å². The van der Waals surface area contributed by atoms with Gasteiger partial charge in [-0.25, -0.2) is 4.98 Å². The van der Waals surface area contributed by atoms with Gasteiger partial charge in [-0.05, 0) is 67.3 Å². The minimum atomic E-state index is 0.836. The Hall–Kier alpha value is -4.41. The van der Waals surface area contributed by atoms with Crippen LogP contribution < -0.4 is 9.64 Å². The highest BCUT2D eigenvalue weighted by Gasteiger charge is 2.28. The Morgan fingerprint density at radius 3 is 2.08 bits per heavy atom. The highest BCUT2D eigenvalue weighted by Crippen LogP contribution is 2.52. The number of ether oxygens (including phenoxy) is 1. The van der Waals surface area contributed by atoms with Crippen LogP contribution in [0, 0.1) is 13.8 Å². The van der Waals surface area contributed by atoms with Crippen LogP contribution in [0.15, 0.2) is 109 Å². The normalized spacial score (nSPS) is 12.2. The average Bonchev–Trinajstić information content (AvgIpc) is 3.47. The first-order chi connectivity index (χ1) is 18.2. The summed E-state index contributed by atoms with van der Waals surface area (Å²) >= 11 is 1.76. The molecule has 1 aliphatic rings. The van der Waals surface area contributed by atoms with E-state index in [2.05, 4.69) is 103 Å². The number of aromatic nitrogens is 1. The van der Waals surface area contributed by atoms with E-state index in [0.717, 1.165) is 45.3 Å². The zero-order valence-corrected chi connectivity index (χ0v) is 21.4. The van der Waals surface area contributed by atoms with E-state index in [1.165, 1.54) is 27.0 Å². The third-order valence-electron chi connectivity index (χ3n) is 6.95. The molecule has 0 saturated heterocycles. The van der Waals surface area contributed by atoms with E-state index >= 15 is 0 Å². The summed E-state index contributed by atoms with van der Waals surface area (Å²) in [5, 5.41) is 3.32. The molecule has 0 atom stereocenters. The lowest BCUT2D eigenvalue weighted by Crippen LogP contribution is -2.16. The Balaban J connectivity index is 1.57. The molecule has 7 rings (SSSR count). The van der Waals surface area contributed by atoms with Crippen LogP contribution in [0.1, 0.15) is 11.1 Å². The first-order valence-corrected chi connectivity index (χ1v) is 13.3. The van der Waals surface area contributed by atoms with Gasteiger partial charge < -0.3 is 9.64 Å². The lowest BCUT2D eigenvalue weighted by Gasteiger charge is -2.33. The van der Waals surface area contributed by atoms with E-state index in [9.17, 15) is 0 Å². The van der Waals surface area contributed by atoms with Crippen molar-refractivity contribution in [2.75, 3.05) is 4.90 Å². The number of fused-ring (bicyclic) bond motifs is 3. The number of hydrogen-bond acceptors (Lipinski definition) is 4. The molecule has 2 aromatic heterocycles. The molecule has 37 heavy (non-hydrogen) atoms. The van der Waals surface area contributed by atoms with Crippen LogP contribution in [0.3, 0.4) is 0 Å². The summed E-state index contributed by atoms with van der Waals surface area (Å²) in [6.45, 7) is 4.29. The number of hydrogen-bond donors (Lipinski definition) is 0. The monoisotopic (exact) mass is 496 g/mol. The fourth-order valence-electron chi connectivity index (χ4n) is 5.14. The van der Waals surface area contributed by atoms with Gasteiger partial charge in [0.2, 0.25) is 0 Å². The van der Waals surface area contributed by atoms with E-state index in [4.69, 9.17) is 9.72 Å². The van der Waals surface area contributed by atoms with Crippen molar-refractivity contribution >= 4 is 39.3 Å². The summed E-state index contributed by atoms with van der Waals surface area (Å²) in [5.74, 6) is 1.67. The number of para-hydroxylation sites is 4. The van der Waals surface area contributed by atoms with Crippen molar-refractivity contribution < 1.29 is 4.74 Å². The predicted octanol–water partition coefficient (Wildman–Crippen LogP) is 9.82. The van der Waals surface area contributed by atoms with Gasteiger partial charge in [-0.1, -0.05) is 66.2 Å². The van der Waals surface area contributed by atoms with Crippen molar-refractivity contribution in [3.63, 3.8) is 0 Å². The summed E-state index contributed by atoms with van der Waals surface area (Å²) in [4.78, 5) is 8.88. The molecular weight excluding hydrogens is 472 g/mol. The van der Waals surface area contributed by atoms with Crippen LogP contribution in [0.25, 0.3) is 32.6 Å². The van der Waals surface area contributed by atoms with Crippen LogP contribution in [0.2, 0.25) is 0 Å². The maximum absolute atomic E-state index is 6.29. The van der Waals surface area contributed by atoms with Crippen LogP contribution in [0.5, 0.6) is 11.5 Å². The number of thiophene rings is 1. The molecule has 6 aromatic rings. The molecule has 0 aliphatic carbocycles. The van der Waals surface area contributed by atoms with Crippen molar-refractivity contribution in [3.05, 3.63) is 120 Å². The fourth-order valence-corrected chi connectivity index (χ4v) is 5.89. The van der Waals surface area contributed by atoms with Gasteiger partial charge in [0.25, 0.3) is 0 Å². The molecular formula is C33H24N2OS. The van der Waals surface area contributed by atoms with Crippen LogP contribution in [0.4, 0.5) is 17.1 Å². The topological polar surface area (TPSA) is 25.4 Å². The van der Waals surface area contributed by atoms with Gasteiger partial charge in [-0.15, -0.1) is 11.3 Å². The Kier molecular flexibility index (Phi) is 5.08. The van der Waals surface area contributed by atoms with Gasteiger partial charge in [-0.3, -0.25) is 0 Å². The van der Waals surface area contributed by atoms with Crippen LogP contribution in [-0.4, -0.2) is 4.98 Å². The molecule has 0 bridgehead atoms. The second-order valence-electron chi connectivity index (χ2n) is 9.40. The number of pyridine rings is 1. The quantitative estimate of drug-likeness (QED) is 0.243. The van der Waals surface area contributed by atoms with Crippen molar-refractivity contribution in [2.45, 2.75) is 13.8 Å². The maximum atomic E-state index is 6.29. The molecule has 3 heterocycles. The molecule has 178 valence electrons. The Morgan fingerprint density at radius 2 is 1.41 bits per heavy atom. The second kappa shape index (κ2) is 8.61. The lowest BCUT2D eigenvalue weighted by molar-refractivity contribution is 0.477. The van der Waals surface area contributed by atoms with Gasteiger partial charge >= 0.3 is 0 Å². The second-order valence-corrected chi connectivity index (χ2v) is 10.3. The standard InChI is InChI=1S/C33H24N2OS/c1-21-13-16-23(17-14-21)25-20-24(31-12-7-19-37-31)32-22(2)15-18-28(33(32)34-25)35-26-8-3-5-10-29(26)36-30-11-6-4-9-27(30)35/h3-20H,1-2H3. The Morgan fingerprint density at radius 1 is 0.703 bits per heavy atom. The lowest BCUT2D eigenvalue weighted by atomic mass is 9.97. The molecule has 0 amide bonds. The molecule has 0 spiro atoms. The molecule has 1 aliphatic heterocycles. The molecule has 0 fully saturated rings. The van der Waals surface area contributed by atoms with Crippen molar-refractivity contribution in [3.8, 4) is 33.2 Å².